The second-order valence-corrected chi connectivity index (χ2v) is 5.00. The molecule has 0 spiro atoms. The lowest BCUT2D eigenvalue weighted by Gasteiger charge is -2.32. The van der Waals surface area contributed by atoms with E-state index in [9.17, 15) is 10.1 Å². The van der Waals surface area contributed by atoms with Gasteiger partial charge in [-0.05, 0) is 18.9 Å². The van der Waals surface area contributed by atoms with Crippen LogP contribution in [0.15, 0.2) is 24.5 Å². The maximum Gasteiger partial charge on any atom is 0.270 e. The largest absolute Gasteiger partial charge is 0.363 e. The Morgan fingerprint density at radius 3 is 2.62 bits per heavy atom. The molecule has 1 aromatic heterocycles. The molecule has 0 atom stereocenters. The van der Waals surface area contributed by atoms with Gasteiger partial charge in [0.2, 0.25) is 0 Å². The highest BCUT2D eigenvalue weighted by Gasteiger charge is 2.25. The van der Waals surface area contributed by atoms with Crippen molar-refractivity contribution in [1.82, 2.24) is 9.97 Å². The molecule has 7 heteroatoms. The summed E-state index contributed by atoms with van der Waals surface area (Å²) in [4.78, 5) is 18.9. The Kier molecular flexibility index (Phi) is 4.32. The third-order valence-electron chi connectivity index (χ3n) is 3.96. The lowest BCUT2D eigenvalue weighted by Crippen LogP contribution is -2.44. The van der Waals surface area contributed by atoms with Gasteiger partial charge in [-0.3, -0.25) is 10.1 Å². The van der Waals surface area contributed by atoms with E-state index in [-0.39, 0.29) is 11.2 Å². The molecule has 21 heavy (non-hydrogen) atoms. The fraction of sp³-hybridized carbons (Fsp3) is 0.429. The summed E-state index contributed by atoms with van der Waals surface area (Å²) in [6.45, 7) is 4.56. The minimum Gasteiger partial charge on any atom is -0.363 e. The van der Waals surface area contributed by atoms with Crippen LogP contribution in [-0.4, -0.2) is 27.0 Å². The monoisotopic (exact) mass is 289 g/mol. The zero-order valence-corrected chi connectivity index (χ0v) is 12.2. The van der Waals surface area contributed by atoms with Gasteiger partial charge in [-0.15, -0.1) is 0 Å². The first-order valence-corrected chi connectivity index (χ1v) is 6.92. The number of rotatable bonds is 6. The van der Waals surface area contributed by atoms with Crippen LogP contribution in [0.2, 0.25) is 0 Å². The Morgan fingerprint density at radius 1 is 1.33 bits per heavy atom. The third-order valence-corrected chi connectivity index (χ3v) is 3.96. The van der Waals surface area contributed by atoms with Gasteiger partial charge in [0.1, 0.15) is 12.1 Å². The molecule has 0 aliphatic rings. The number of nitro benzene ring substituents is 1. The summed E-state index contributed by atoms with van der Waals surface area (Å²) in [6, 6.07) is 4.56. The van der Waals surface area contributed by atoms with E-state index in [0.29, 0.717) is 23.3 Å². The average Bonchev–Trinajstić information content (AvgIpc) is 2.52. The number of nitrogens with two attached hydrogens (primary N) is 1. The fourth-order valence-electron chi connectivity index (χ4n) is 2.28. The maximum absolute atomic E-state index is 10.9. The maximum atomic E-state index is 10.9. The molecule has 1 heterocycles. The molecular weight excluding hydrogens is 270 g/mol. The van der Waals surface area contributed by atoms with E-state index in [1.165, 1.54) is 18.5 Å². The Morgan fingerprint density at radius 2 is 2.05 bits per heavy atom. The Labute approximate surface area is 122 Å². The molecule has 0 amide bonds. The van der Waals surface area contributed by atoms with Crippen LogP contribution in [0, 0.1) is 10.1 Å². The summed E-state index contributed by atoms with van der Waals surface area (Å²) in [6.07, 6.45) is 3.12. The third kappa shape index (κ3) is 2.92. The predicted molar refractivity (Wildman–Crippen MR) is 82.2 cm³/mol. The lowest BCUT2D eigenvalue weighted by atomic mass is 9.93. The summed E-state index contributed by atoms with van der Waals surface area (Å²) in [5.41, 5.74) is 6.30. The average molecular weight is 289 g/mol. The van der Waals surface area contributed by atoms with E-state index in [2.05, 4.69) is 29.1 Å². The first kappa shape index (κ1) is 15.1. The summed E-state index contributed by atoms with van der Waals surface area (Å²) in [5.74, 6) is 0.581. The summed E-state index contributed by atoms with van der Waals surface area (Å²) in [7, 11) is 0. The molecular formula is C14H19N5O2. The molecule has 0 saturated heterocycles. The molecule has 0 radical (unpaired) electrons. The number of fused-ring (bicyclic) bond motifs is 1. The molecule has 0 saturated carbocycles. The van der Waals surface area contributed by atoms with Crippen LogP contribution >= 0.6 is 0 Å². The van der Waals surface area contributed by atoms with Gasteiger partial charge in [0.15, 0.2) is 0 Å². The first-order valence-electron chi connectivity index (χ1n) is 6.92. The number of aromatic nitrogens is 2. The number of hydrogen-bond donors (Lipinski definition) is 2. The number of nitro groups is 1. The highest BCUT2D eigenvalue weighted by molar-refractivity contribution is 5.90. The number of benzene rings is 1. The van der Waals surface area contributed by atoms with Crippen molar-refractivity contribution in [3.63, 3.8) is 0 Å². The van der Waals surface area contributed by atoms with E-state index >= 15 is 0 Å². The number of anilines is 1. The van der Waals surface area contributed by atoms with Gasteiger partial charge in [-0.1, -0.05) is 13.8 Å². The van der Waals surface area contributed by atoms with E-state index in [0.717, 1.165) is 12.8 Å². The normalized spacial score (nSPS) is 11.6. The van der Waals surface area contributed by atoms with Crippen LogP contribution in [0.5, 0.6) is 0 Å². The van der Waals surface area contributed by atoms with Gasteiger partial charge >= 0.3 is 0 Å². The van der Waals surface area contributed by atoms with Crippen LogP contribution in [0.1, 0.15) is 26.7 Å². The van der Waals surface area contributed by atoms with Crippen molar-refractivity contribution in [2.24, 2.45) is 5.73 Å². The molecule has 0 aliphatic heterocycles. The van der Waals surface area contributed by atoms with E-state index in [1.54, 1.807) is 6.07 Å². The van der Waals surface area contributed by atoms with Crippen LogP contribution in [0.25, 0.3) is 10.9 Å². The van der Waals surface area contributed by atoms with Crippen molar-refractivity contribution >= 4 is 22.4 Å². The molecule has 7 nitrogen and oxygen atoms in total. The number of nitrogens with one attached hydrogen (secondary N) is 1. The quantitative estimate of drug-likeness (QED) is 0.625. The van der Waals surface area contributed by atoms with Crippen molar-refractivity contribution in [1.29, 1.82) is 0 Å². The van der Waals surface area contributed by atoms with Gasteiger partial charge < -0.3 is 11.1 Å². The second-order valence-electron chi connectivity index (χ2n) is 5.00. The topological polar surface area (TPSA) is 107 Å². The van der Waals surface area contributed by atoms with Crippen LogP contribution in [-0.2, 0) is 0 Å². The number of non-ortho nitro benzene ring substituents is 1. The zero-order valence-electron chi connectivity index (χ0n) is 12.2. The fourth-order valence-corrected chi connectivity index (χ4v) is 2.28. The molecule has 2 rings (SSSR count). The Hall–Kier alpha value is -2.28. The van der Waals surface area contributed by atoms with Crippen molar-refractivity contribution < 1.29 is 4.92 Å². The highest BCUT2D eigenvalue weighted by Crippen LogP contribution is 2.28. The molecule has 2 aromatic rings. The smallest absolute Gasteiger partial charge is 0.270 e. The minimum atomic E-state index is -0.425. The Bertz CT molecular complexity index is 647. The van der Waals surface area contributed by atoms with E-state index < -0.39 is 4.92 Å². The van der Waals surface area contributed by atoms with Crippen LogP contribution in [0.4, 0.5) is 11.5 Å². The molecule has 112 valence electrons. The number of nitrogens with zero attached hydrogens (tertiary/aromatic N) is 3. The van der Waals surface area contributed by atoms with Crippen molar-refractivity contribution in [3.8, 4) is 0 Å². The van der Waals surface area contributed by atoms with Crippen LogP contribution < -0.4 is 11.1 Å². The van der Waals surface area contributed by atoms with Crippen molar-refractivity contribution in [3.05, 3.63) is 34.6 Å². The summed E-state index contributed by atoms with van der Waals surface area (Å²) in [5, 5.41) is 14.9. The van der Waals surface area contributed by atoms with Gasteiger partial charge in [-0.25, -0.2) is 9.97 Å². The highest BCUT2D eigenvalue weighted by atomic mass is 16.6. The first-order chi connectivity index (χ1) is 10.0. The van der Waals surface area contributed by atoms with Gasteiger partial charge in [0, 0.05) is 24.1 Å². The number of hydrogen-bond acceptors (Lipinski definition) is 6. The lowest BCUT2D eigenvalue weighted by molar-refractivity contribution is -0.384. The van der Waals surface area contributed by atoms with Gasteiger partial charge in [0.25, 0.3) is 5.69 Å². The molecule has 0 aliphatic carbocycles. The zero-order chi connectivity index (χ0) is 15.5. The Balaban J connectivity index is 2.52. The van der Waals surface area contributed by atoms with Crippen molar-refractivity contribution in [2.75, 3.05) is 11.9 Å². The standard InChI is InChI=1S/C14H19N5O2/c1-3-14(4-2,8-15)18-13-11-7-10(19(20)21)5-6-12(11)16-9-17-13/h5-7,9H,3-4,8,15H2,1-2H3,(H,16,17,18). The molecule has 0 unspecified atom stereocenters. The molecule has 1 aromatic carbocycles. The van der Waals surface area contributed by atoms with E-state index in [4.69, 9.17) is 5.73 Å². The van der Waals surface area contributed by atoms with Crippen molar-refractivity contribution in [2.45, 2.75) is 32.2 Å². The van der Waals surface area contributed by atoms with Crippen LogP contribution in [0.3, 0.4) is 0 Å². The molecule has 3 N–H and O–H groups in total. The predicted octanol–water partition coefficient (Wildman–Crippen LogP) is 2.47. The van der Waals surface area contributed by atoms with E-state index in [1.807, 2.05) is 0 Å². The summed E-state index contributed by atoms with van der Waals surface area (Å²) >= 11 is 0. The minimum absolute atomic E-state index is 0.0201. The van der Waals surface area contributed by atoms with Gasteiger partial charge in [0.05, 0.1) is 16.0 Å². The van der Waals surface area contributed by atoms with Gasteiger partial charge in [-0.2, -0.15) is 0 Å². The molecule has 0 fully saturated rings. The summed E-state index contributed by atoms with van der Waals surface area (Å²) < 4.78 is 0. The SMILES string of the molecule is CCC(CC)(CN)Nc1ncnc2ccc([N+](=O)[O-])cc12. The second kappa shape index (κ2) is 6.01. The molecule has 0 bridgehead atoms.